The highest BCUT2D eigenvalue weighted by Gasteiger charge is 2.16. The summed E-state index contributed by atoms with van der Waals surface area (Å²) in [7, 11) is 0. The zero-order valence-electron chi connectivity index (χ0n) is 10.4. The lowest BCUT2D eigenvalue weighted by Crippen LogP contribution is -2.14. The van der Waals surface area contributed by atoms with Gasteiger partial charge < -0.3 is 5.73 Å². The van der Waals surface area contributed by atoms with Crippen molar-refractivity contribution in [3.63, 3.8) is 0 Å². The van der Waals surface area contributed by atoms with Crippen LogP contribution >= 0.6 is 11.6 Å². The Hall–Kier alpha value is -0.790. The standard InChI is InChI=1S/C15H20ClN/c1-11-7-6-10-13(14(11)16)15(17)12-8-4-2-3-5-9-12/h6-8,10,15H,2-5,9,17H2,1H3. The van der Waals surface area contributed by atoms with Gasteiger partial charge in [0.15, 0.2) is 0 Å². The number of halogens is 1. The SMILES string of the molecule is Cc1cccc(C(N)C2=CCCCCC2)c1Cl. The minimum Gasteiger partial charge on any atom is -0.321 e. The van der Waals surface area contributed by atoms with Crippen molar-refractivity contribution < 1.29 is 0 Å². The van der Waals surface area contributed by atoms with Crippen LogP contribution in [0, 0.1) is 6.92 Å². The fourth-order valence-electron chi connectivity index (χ4n) is 2.43. The molecular weight excluding hydrogens is 230 g/mol. The molecule has 0 saturated carbocycles. The van der Waals surface area contributed by atoms with E-state index in [4.69, 9.17) is 17.3 Å². The van der Waals surface area contributed by atoms with Gasteiger partial charge >= 0.3 is 0 Å². The van der Waals surface area contributed by atoms with Crippen LogP contribution in [0.3, 0.4) is 0 Å². The molecule has 0 saturated heterocycles. The van der Waals surface area contributed by atoms with E-state index in [2.05, 4.69) is 6.08 Å². The van der Waals surface area contributed by atoms with Gasteiger partial charge in [-0.25, -0.2) is 0 Å². The Bertz CT molecular complexity index is 423. The highest BCUT2D eigenvalue weighted by atomic mass is 35.5. The van der Waals surface area contributed by atoms with Crippen LogP contribution in [-0.2, 0) is 0 Å². The van der Waals surface area contributed by atoms with Crippen LogP contribution in [0.1, 0.15) is 49.3 Å². The second-order valence-corrected chi connectivity index (χ2v) is 5.21. The van der Waals surface area contributed by atoms with E-state index in [1.807, 2.05) is 25.1 Å². The van der Waals surface area contributed by atoms with Crippen LogP contribution in [0.15, 0.2) is 29.8 Å². The number of nitrogens with two attached hydrogens (primary N) is 1. The molecule has 0 aromatic heterocycles. The molecule has 0 bridgehead atoms. The second-order valence-electron chi connectivity index (χ2n) is 4.83. The zero-order valence-corrected chi connectivity index (χ0v) is 11.1. The van der Waals surface area contributed by atoms with Gasteiger partial charge in [0.2, 0.25) is 0 Å². The van der Waals surface area contributed by atoms with Crippen molar-refractivity contribution in [1.82, 2.24) is 0 Å². The van der Waals surface area contributed by atoms with Gasteiger partial charge in [0, 0.05) is 5.02 Å². The molecule has 1 aromatic rings. The Morgan fingerprint density at radius 3 is 2.88 bits per heavy atom. The Morgan fingerprint density at radius 2 is 2.06 bits per heavy atom. The predicted octanol–water partition coefficient (Wildman–Crippen LogP) is 4.54. The summed E-state index contributed by atoms with van der Waals surface area (Å²) < 4.78 is 0. The number of benzene rings is 1. The molecule has 0 spiro atoms. The van der Waals surface area contributed by atoms with Gasteiger partial charge in [-0.2, -0.15) is 0 Å². The van der Waals surface area contributed by atoms with E-state index in [1.54, 1.807) is 0 Å². The van der Waals surface area contributed by atoms with E-state index in [-0.39, 0.29) is 6.04 Å². The van der Waals surface area contributed by atoms with E-state index >= 15 is 0 Å². The molecule has 17 heavy (non-hydrogen) atoms. The summed E-state index contributed by atoms with van der Waals surface area (Å²) in [4.78, 5) is 0. The molecule has 0 aliphatic heterocycles. The molecule has 1 unspecified atom stereocenters. The first-order chi connectivity index (χ1) is 8.20. The number of rotatable bonds is 2. The fraction of sp³-hybridized carbons (Fsp3) is 0.467. The minimum atomic E-state index is -0.0273. The van der Waals surface area contributed by atoms with Crippen molar-refractivity contribution in [2.24, 2.45) is 5.73 Å². The smallest absolute Gasteiger partial charge is 0.0525 e. The molecular formula is C15H20ClN. The maximum absolute atomic E-state index is 6.36. The van der Waals surface area contributed by atoms with Gasteiger partial charge in [0.25, 0.3) is 0 Å². The molecule has 1 nitrogen and oxygen atoms in total. The van der Waals surface area contributed by atoms with Crippen molar-refractivity contribution in [1.29, 1.82) is 0 Å². The van der Waals surface area contributed by atoms with Gasteiger partial charge in [-0.3, -0.25) is 0 Å². The number of aryl methyl sites for hydroxylation is 1. The molecule has 0 amide bonds. The van der Waals surface area contributed by atoms with Gasteiger partial charge in [-0.05, 0) is 43.7 Å². The average Bonchev–Trinajstić information content (AvgIpc) is 2.60. The van der Waals surface area contributed by atoms with Crippen LogP contribution in [0.4, 0.5) is 0 Å². The van der Waals surface area contributed by atoms with Crippen molar-refractivity contribution in [2.45, 2.75) is 45.1 Å². The summed E-state index contributed by atoms with van der Waals surface area (Å²) in [5.41, 5.74) is 9.89. The maximum Gasteiger partial charge on any atom is 0.0525 e. The summed E-state index contributed by atoms with van der Waals surface area (Å²) >= 11 is 6.34. The topological polar surface area (TPSA) is 26.0 Å². The van der Waals surface area contributed by atoms with Crippen molar-refractivity contribution in [2.75, 3.05) is 0 Å². The van der Waals surface area contributed by atoms with Crippen LogP contribution in [0.25, 0.3) is 0 Å². The van der Waals surface area contributed by atoms with Gasteiger partial charge in [-0.15, -0.1) is 0 Å². The molecule has 1 aliphatic carbocycles. The molecule has 0 radical (unpaired) electrons. The molecule has 0 fully saturated rings. The van der Waals surface area contributed by atoms with E-state index in [0.717, 1.165) is 29.0 Å². The minimum absolute atomic E-state index is 0.0273. The fourth-order valence-corrected chi connectivity index (χ4v) is 2.68. The average molecular weight is 250 g/mol. The molecule has 1 aliphatic rings. The molecule has 2 heteroatoms. The summed E-state index contributed by atoms with van der Waals surface area (Å²) in [5.74, 6) is 0. The third kappa shape index (κ3) is 2.91. The van der Waals surface area contributed by atoms with Gasteiger partial charge in [0.05, 0.1) is 6.04 Å². The number of hydrogen-bond donors (Lipinski definition) is 1. The monoisotopic (exact) mass is 249 g/mol. The van der Waals surface area contributed by atoms with E-state index < -0.39 is 0 Å². The number of hydrogen-bond acceptors (Lipinski definition) is 1. The first kappa shape index (κ1) is 12.7. The molecule has 2 rings (SSSR count). The zero-order chi connectivity index (χ0) is 12.3. The molecule has 0 heterocycles. The quantitative estimate of drug-likeness (QED) is 0.766. The van der Waals surface area contributed by atoms with Crippen LogP contribution in [0.5, 0.6) is 0 Å². The molecule has 2 N–H and O–H groups in total. The van der Waals surface area contributed by atoms with Crippen LogP contribution in [-0.4, -0.2) is 0 Å². The maximum atomic E-state index is 6.36. The lowest BCUT2D eigenvalue weighted by Gasteiger charge is -2.18. The molecule has 1 aromatic carbocycles. The normalized spacial score (nSPS) is 18.4. The number of allylic oxidation sites excluding steroid dienone is 1. The summed E-state index contributed by atoms with van der Waals surface area (Å²) in [6.45, 7) is 2.03. The van der Waals surface area contributed by atoms with Gasteiger partial charge in [-0.1, -0.05) is 47.9 Å². The summed E-state index contributed by atoms with van der Waals surface area (Å²) in [6.07, 6.45) is 8.45. The molecule has 92 valence electrons. The Balaban J connectivity index is 2.26. The third-order valence-electron chi connectivity index (χ3n) is 3.53. The first-order valence-corrected chi connectivity index (χ1v) is 6.77. The Morgan fingerprint density at radius 1 is 1.24 bits per heavy atom. The van der Waals surface area contributed by atoms with Crippen LogP contribution in [0.2, 0.25) is 5.02 Å². The summed E-state index contributed by atoms with van der Waals surface area (Å²) in [6, 6.07) is 6.08. The largest absolute Gasteiger partial charge is 0.321 e. The highest BCUT2D eigenvalue weighted by Crippen LogP contribution is 2.32. The first-order valence-electron chi connectivity index (χ1n) is 6.39. The van der Waals surface area contributed by atoms with E-state index in [9.17, 15) is 0 Å². The molecule has 1 atom stereocenters. The van der Waals surface area contributed by atoms with Crippen molar-refractivity contribution in [3.8, 4) is 0 Å². The van der Waals surface area contributed by atoms with E-state index in [0.29, 0.717) is 0 Å². The van der Waals surface area contributed by atoms with Crippen molar-refractivity contribution >= 4 is 11.6 Å². The highest BCUT2D eigenvalue weighted by molar-refractivity contribution is 6.32. The predicted molar refractivity (Wildman–Crippen MR) is 74.3 cm³/mol. The lowest BCUT2D eigenvalue weighted by molar-refractivity contribution is 0.688. The van der Waals surface area contributed by atoms with Crippen LogP contribution < -0.4 is 5.73 Å². The Kier molecular flexibility index (Phi) is 4.25. The van der Waals surface area contributed by atoms with Crippen molar-refractivity contribution in [3.05, 3.63) is 46.0 Å². The second kappa shape index (κ2) is 5.70. The van der Waals surface area contributed by atoms with E-state index in [1.165, 1.54) is 24.8 Å². The van der Waals surface area contributed by atoms with Gasteiger partial charge in [0.1, 0.15) is 0 Å². The Labute approximate surface area is 109 Å². The lowest BCUT2D eigenvalue weighted by atomic mass is 9.95. The summed E-state index contributed by atoms with van der Waals surface area (Å²) in [5, 5.41) is 0.824. The third-order valence-corrected chi connectivity index (χ3v) is 4.05.